The standard InChI is InChI=1S/C23H21N5O3S/c1-16-5-7-17(8-6-16)22-26-27-23(28(22)18-9-11-19(30-2)12-10-18)32-15-21(29)25-24-14-20-4-3-13-31-20/h3-14H,15H2,1-2H3,(H,25,29)/b24-14+. The number of nitrogens with zero attached hydrogens (tertiary/aromatic N) is 4. The fraction of sp³-hybridized carbons (Fsp3) is 0.130. The first-order chi connectivity index (χ1) is 15.6. The van der Waals surface area contributed by atoms with E-state index < -0.39 is 0 Å². The highest BCUT2D eigenvalue weighted by Gasteiger charge is 2.17. The van der Waals surface area contributed by atoms with Crippen molar-refractivity contribution >= 4 is 23.9 Å². The Kier molecular flexibility index (Phi) is 6.66. The van der Waals surface area contributed by atoms with Crippen LogP contribution >= 0.6 is 11.8 Å². The first-order valence-corrected chi connectivity index (χ1v) is 10.8. The van der Waals surface area contributed by atoms with E-state index in [2.05, 4.69) is 20.7 Å². The zero-order valence-corrected chi connectivity index (χ0v) is 18.4. The lowest BCUT2D eigenvalue weighted by Crippen LogP contribution is -2.19. The molecule has 162 valence electrons. The van der Waals surface area contributed by atoms with E-state index in [9.17, 15) is 4.79 Å². The largest absolute Gasteiger partial charge is 0.497 e. The molecular weight excluding hydrogens is 426 g/mol. The molecule has 1 amide bonds. The van der Waals surface area contributed by atoms with Crippen molar-refractivity contribution < 1.29 is 13.9 Å². The highest BCUT2D eigenvalue weighted by Crippen LogP contribution is 2.29. The molecule has 0 aliphatic carbocycles. The molecule has 1 N–H and O–H groups in total. The minimum Gasteiger partial charge on any atom is -0.497 e. The van der Waals surface area contributed by atoms with E-state index in [1.165, 1.54) is 24.2 Å². The number of hydrogen-bond acceptors (Lipinski definition) is 7. The molecular formula is C23H21N5O3S. The van der Waals surface area contributed by atoms with Crippen molar-refractivity contribution in [2.45, 2.75) is 12.1 Å². The Hall–Kier alpha value is -3.85. The Morgan fingerprint density at radius 3 is 2.62 bits per heavy atom. The van der Waals surface area contributed by atoms with Crippen molar-refractivity contribution in [1.29, 1.82) is 0 Å². The molecule has 9 heteroatoms. The number of benzene rings is 2. The average Bonchev–Trinajstić information content (AvgIpc) is 3.48. The van der Waals surface area contributed by atoms with Crippen molar-refractivity contribution in [3.05, 3.63) is 78.3 Å². The second-order valence-electron chi connectivity index (χ2n) is 6.80. The number of amides is 1. The minimum atomic E-state index is -0.265. The van der Waals surface area contributed by atoms with E-state index in [-0.39, 0.29) is 11.7 Å². The Bertz CT molecular complexity index is 1200. The third-order valence-corrected chi connectivity index (χ3v) is 5.46. The monoisotopic (exact) mass is 447 g/mol. The van der Waals surface area contributed by atoms with Gasteiger partial charge in [-0.25, -0.2) is 5.43 Å². The number of methoxy groups -OCH3 is 1. The second-order valence-corrected chi connectivity index (χ2v) is 7.75. The van der Waals surface area contributed by atoms with Crippen LogP contribution in [-0.2, 0) is 4.79 Å². The Morgan fingerprint density at radius 2 is 1.94 bits per heavy atom. The van der Waals surface area contributed by atoms with Gasteiger partial charge in [-0.3, -0.25) is 9.36 Å². The van der Waals surface area contributed by atoms with E-state index in [0.717, 1.165) is 22.6 Å². The van der Waals surface area contributed by atoms with E-state index in [4.69, 9.17) is 9.15 Å². The maximum absolute atomic E-state index is 12.2. The summed E-state index contributed by atoms with van der Waals surface area (Å²) in [5.74, 6) is 1.85. The van der Waals surface area contributed by atoms with Crippen LogP contribution in [0.3, 0.4) is 0 Å². The maximum Gasteiger partial charge on any atom is 0.250 e. The van der Waals surface area contributed by atoms with Crippen LogP contribution in [0.1, 0.15) is 11.3 Å². The van der Waals surface area contributed by atoms with Gasteiger partial charge in [0.2, 0.25) is 0 Å². The number of nitrogens with one attached hydrogen (secondary N) is 1. The first kappa shape index (κ1) is 21.4. The Labute approximate surface area is 189 Å². The van der Waals surface area contributed by atoms with Crippen LogP contribution in [0.5, 0.6) is 5.75 Å². The lowest BCUT2D eigenvalue weighted by molar-refractivity contribution is -0.118. The van der Waals surface area contributed by atoms with Crippen LogP contribution in [0.4, 0.5) is 0 Å². The predicted molar refractivity (Wildman–Crippen MR) is 123 cm³/mol. The predicted octanol–water partition coefficient (Wildman–Crippen LogP) is 4.09. The molecule has 4 aromatic rings. The number of thioether (sulfide) groups is 1. The lowest BCUT2D eigenvalue weighted by atomic mass is 10.1. The highest BCUT2D eigenvalue weighted by molar-refractivity contribution is 7.99. The average molecular weight is 448 g/mol. The summed E-state index contributed by atoms with van der Waals surface area (Å²) < 4.78 is 12.3. The molecule has 0 saturated heterocycles. The number of rotatable bonds is 8. The van der Waals surface area contributed by atoms with Gasteiger partial charge in [0.15, 0.2) is 11.0 Å². The summed E-state index contributed by atoms with van der Waals surface area (Å²) in [7, 11) is 1.62. The van der Waals surface area contributed by atoms with Crippen LogP contribution < -0.4 is 10.2 Å². The summed E-state index contributed by atoms with van der Waals surface area (Å²) in [4.78, 5) is 12.2. The molecule has 4 rings (SSSR count). The molecule has 2 aromatic heterocycles. The number of hydrogen-bond donors (Lipinski definition) is 1. The van der Waals surface area contributed by atoms with Crippen LogP contribution in [0.2, 0.25) is 0 Å². The van der Waals surface area contributed by atoms with Gasteiger partial charge in [-0.2, -0.15) is 5.10 Å². The molecule has 8 nitrogen and oxygen atoms in total. The zero-order chi connectivity index (χ0) is 22.3. The number of carbonyl (C=O) groups excluding carboxylic acids is 1. The Balaban J connectivity index is 1.55. The van der Waals surface area contributed by atoms with Crippen molar-refractivity contribution in [3.8, 4) is 22.8 Å². The summed E-state index contributed by atoms with van der Waals surface area (Å²) in [5.41, 5.74) is 5.44. The molecule has 0 saturated carbocycles. The maximum atomic E-state index is 12.2. The first-order valence-electron chi connectivity index (χ1n) is 9.79. The summed E-state index contributed by atoms with van der Waals surface area (Å²) in [6, 6.07) is 19.2. The van der Waals surface area contributed by atoms with Crippen LogP contribution in [-0.4, -0.2) is 39.7 Å². The number of aromatic nitrogens is 3. The van der Waals surface area contributed by atoms with E-state index in [1.807, 2.05) is 60.0 Å². The molecule has 0 spiro atoms. The summed E-state index contributed by atoms with van der Waals surface area (Å²) in [5, 5.41) is 13.2. The normalized spacial score (nSPS) is 11.1. The fourth-order valence-electron chi connectivity index (χ4n) is 2.91. The third kappa shape index (κ3) is 5.06. The van der Waals surface area contributed by atoms with Crippen LogP contribution in [0.15, 0.2) is 81.6 Å². The summed E-state index contributed by atoms with van der Waals surface area (Å²) in [6.45, 7) is 2.03. The highest BCUT2D eigenvalue weighted by atomic mass is 32.2. The van der Waals surface area contributed by atoms with Crippen LogP contribution in [0, 0.1) is 6.92 Å². The van der Waals surface area contributed by atoms with Gasteiger partial charge in [0.1, 0.15) is 11.5 Å². The van der Waals surface area contributed by atoms with Crippen molar-refractivity contribution in [1.82, 2.24) is 20.2 Å². The van der Waals surface area contributed by atoms with Gasteiger partial charge in [-0.1, -0.05) is 41.6 Å². The van der Waals surface area contributed by atoms with Crippen molar-refractivity contribution in [3.63, 3.8) is 0 Å². The Morgan fingerprint density at radius 1 is 1.16 bits per heavy atom. The summed E-state index contributed by atoms with van der Waals surface area (Å²) in [6.07, 6.45) is 2.98. The molecule has 0 fully saturated rings. The molecule has 2 aromatic carbocycles. The number of hydrazone groups is 1. The number of ether oxygens (including phenoxy) is 1. The van der Waals surface area contributed by atoms with Gasteiger partial charge in [-0.15, -0.1) is 10.2 Å². The number of aryl methyl sites for hydroxylation is 1. The van der Waals surface area contributed by atoms with Gasteiger partial charge in [0.05, 0.1) is 25.3 Å². The molecule has 2 heterocycles. The smallest absolute Gasteiger partial charge is 0.250 e. The molecule has 0 bridgehead atoms. The van der Waals surface area contributed by atoms with Gasteiger partial charge >= 0.3 is 0 Å². The molecule has 32 heavy (non-hydrogen) atoms. The quantitative estimate of drug-likeness (QED) is 0.248. The van der Waals surface area contributed by atoms with Gasteiger partial charge < -0.3 is 9.15 Å². The SMILES string of the molecule is COc1ccc(-n2c(SCC(=O)N/N=C/c3ccco3)nnc2-c2ccc(C)cc2)cc1. The topological polar surface area (TPSA) is 94.5 Å². The molecule has 0 aliphatic rings. The molecule has 0 atom stereocenters. The van der Waals surface area contributed by atoms with E-state index >= 15 is 0 Å². The van der Waals surface area contributed by atoms with Gasteiger partial charge in [0, 0.05) is 11.3 Å². The van der Waals surface area contributed by atoms with Gasteiger partial charge in [-0.05, 0) is 43.3 Å². The molecule has 0 radical (unpaired) electrons. The zero-order valence-electron chi connectivity index (χ0n) is 17.6. The van der Waals surface area contributed by atoms with Gasteiger partial charge in [0.25, 0.3) is 5.91 Å². The second kappa shape index (κ2) is 9.97. The van der Waals surface area contributed by atoms with Crippen molar-refractivity contribution in [2.24, 2.45) is 5.10 Å². The number of carbonyl (C=O) groups is 1. The molecule has 0 unspecified atom stereocenters. The lowest BCUT2D eigenvalue weighted by Gasteiger charge is -2.11. The molecule has 0 aliphatic heterocycles. The van der Waals surface area contributed by atoms with Crippen molar-refractivity contribution in [2.75, 3.05) is 12.9 Å². The van der Waals surface area contributed by atoms with E-state index in [0.29, 0.717) is 16.7 Å². The summed E-state index contributed by atoms with van der Waals surface area (Å²) >= 11 is 1.28. The third-order valence-electron chi connectivity index (χ3n) is 4.53. The number of furan rings is 1. The van der Waals surface area contributed by atoms with E-state index in [1.54, 1.807) is 19.2 Å². The fourth-order valence-corrected chi connectivity index (χ4v) is 3.66. The minimum absolute atomic E-state index is 0.123. The van der Waals surface area contributed by atoms with Crippen LogP contribution in [0.25, 0.3) is 17.1 Å².